The predicted molar refractivity (Wildman–Crippen MR) is 80.4 cm³/mol. The molecule has 0 atom stereocenters. The van der Waals surface area contributed by atoms with Crippen LogP contribution in [0.2, 0.25) is 0 Å². The summed E-state index contributed by atoms with van der Waals surface area (Å²) in [7, 11) is 0. The Morgan fingerprint density at radius 1 is 1.20 bits per heavy atom. The van der Waals surface area contributed by atoms with E-state index in [1.807, 2.05) is 11.8 Å². The van der Waals surface area contributed by atoms with E-state index >= 15 is 0 Å². The van der Waals surface area contributed by atoms with Gasteiger partial charge in [-0.25, -0.2) is 0 Å². The van der Waals surface area contributed by atoms with Gasteiger partial charge in [0.1, 0.15) is 0 Å². The van der Waals surface area contributed by atoms with Gasteiger partial charge in [0.25, 0.3) is 0 Å². The normalized spacial score (nSPS) is 17.1. The molecule has 20 heavy (non-hydrogen) atoms. The molecule has 1 saturated heterocycles. The number of amides is 2. The third-order valence-electron chi connectivity index (χ3n) is 3.46. The Morgan fingerprint density at radius 3 is 2.30 bits per heavy atom. The molecule has 1 fully saturated rings. The van der Waals surface area contributed by atoms with Gasteiger partial charge in [0.2, 0.25) is 11.8 Å². The summed E-state index contributed by atoms with van der Waals surface area (Å²) in [5.41, 5.74) is -0.0396. The highest BCUT2D eigenvalue weighted by Gasteiger charge is 2.24. The molecule has 0 saturated carbocycles. The number of hydrogen-bond donors (Lipinski definition) is 2. The fourth-order valence-corrected chi connectivity index (χ4v) is 2.25. The smallest absolute Gasteiger partial charge is 0.236 e. The Morgan fingerprint density at radius 2 is 1.80 bits per heavy atom. The molecule has 0 aromatic carbocycles. The van der Waals surface area contributed by atoms with Gasteiger partial charge in [-0.1, -0.05) is 6.92 Å². The molecular weight excluding hydrogens is 254 g/mol. The Labute approximate surface area is 122 Å². The minimum absolute atomic E-state index is 0.0396. The summed E-state index contributed by atoms with van der Waals surface area (Å²) < 4.78 is 0. The van der Waals surface area contributed by atoms with E-state index in [2.05, 4.69) is 31.4 Å². The first-order chi connectivity index (χ1) is 9.31. The summed E-state index contributed by atoms with van der Waals surface area (Å²) >= 11 is 0. The molecule has 2 N–H and O–H groups in total. The Kier molecular flexibility index (Phi) is 6.46. The molecule has 0 aromatic heterocycles. The SMILES string of the molecule is CCCC(=O)NC1CCN(C(=O)CNC(C)(C)C)CC1. The lowest BCUT2D eigenvalue weighted by Gasteiger charge is -2.33. The van der Waals surface area contributed by atoms with Crippen molar-refractivity contribution >= 4 is 11.8 Å². The minimum atomic E-state index is -0.0396. The molecule has 0 aromatic rings. The fourth-order valence-electron chi connectivity index (χ4n) is 2.25. The van der Waals surface area contributed by atoms with Gasteiger partial charge >= 0.3 is 0 Å². The highest BCUT2D eigenvalue weighted by Crippen LogP contribution is 2.11. The van der Waals surface area contributed by atoms with Crippen molar-refractivity contribution in [3.8, 4) is 0 Å². The van der Waals surface area contributed by atoms with Crippen LogP contribution in [0.25, 0.3) is 0 Å². The molecular formula is C15H29N3O2. The molecule has 5 nitrogen and oxygen atoms in total. The van der Waals surface area contributed by atoms with Crippen LogP contribution in [0.3, 0.4) is 0 Å². The lowest BCUT2D eigenvalue weighted by molar-refractivity contribution is -0.131. The van der Waals surface area contributed by atoms with Gasteiger partial charge in [-0.2, -0.15) is 0 Å². The predicted octanol–water partition coefficient (Wildman–Crippen LogP) is 1.28. The topological polar surface area (TPSA) is 61.4 Å². The first-order valence-electron chi connectivity index (χ1n) is 7.64. The summed E-state index contributed by atoms with van der Waals surface area (Å²) in [5, 5.41) is 6.26. The van der Waals surface area contributed by atoms with Crippen LogP contribution in [-0.2, 0) is 9.59 Å². The number of nitrogens with zero attached hydrogens (tertiary/aromatic N) is 1. The van der Waals surface area contributed by atoms with Crippen LogP contribution in [0.4, 0.5) is 0 Å². The zero-order chi connectivity index (χ0) is 15.2. The third kappa shape index (κ3) is 6.37. The van der Waals surface area contributed by atoms with Gasteiger partial charge in [0, 0.05) is 31.1 Å². The first-order valence-corrected chi connectivity index (χ1v) is 7.64. The van der Waals surface area contributed by atoms with Crippen LogP contribution in [0.1, 0.15) is 53.4 Å². The Balaban J connectivity index is 2.27. The maximum absolute atomic E-state index is 12.1. The maximum Gasteiger partial charge on any atom is 0.236 e. The van der Waals surface area contributed by atoms with Crippen molar-refractivity contribution in [2.45, 2.75) is 65.0 Å². The maximum atomic E-state index is 12.1. The van der Waals surface area contributed by atoms with Crippen molar-refractivity contribution < 1.29 is 9.59 Å². The number of carbonyl (C=O) groups excluding carboxylic acids is 2. The minimum Gasteiger partial charge on any atom is -0.353 e. The van der Waals surface area contributed by atoms with Gasteiger partial charge in [0.05, 0.1) is 6.54 Å². The van der Waals surface area contributed by atoms with Crippen molar-refractivity contribution in [1.82, 2.24) is 15.5 Å². The first kappa shape index (κ1) is 17.0. The Bertz CT molecular complexity index is 329. The molecule has 1 rings (SSSR count). The fraction of sp³-hybridized carbons (Fsp3) is 0.867. The molecule has 0 radical (unpaired) electrons. The van der Waals surface area contributed by atoms with Gasteiger partial charge < -0.3 is 15.5 Å². The summed E-state index contributed by atoms with van der Waals surface area (Å²) in [6.07, 6.45) is 3.18. The van der Waals surface area contributed by atoms with Crippen LogP contribution < -0.4 is 10.6 Å². The molecule has 116 valence electrons. The van der Waals surface area contributed by atoms with Gasteiger partial charge in [-0.05, 0) is 40.0 Å². The van der Waals surface area contributed by atoms with E-state index in [4.69, 9.17) is 0 Å². The number of carbonyl (C=O) groups is 2. The van der Waals surface area contributed by atoms with Crippen molar-refractivity contribution in [2.75, 3.05) is 19.6 Å². The van der Waals surface area contributed by atoms with Crippen molar-refractivity contribution in [2.24, 2.45) is 0 Å². The van der Waals surface area contributed by atoms with Crippen molar-refractivity contribution in [3.63, 3.8) is 0 Å². The summed E-state index contributed by atoms with van der Waals surface area (Å²) in [5.74, 6) is 0.282. The molecule has 1 aliphatic rings. The van der Waals surface area contributed by atoms with Crippen LogP contribution >= 0.6 is 0 Å². The lowest BCUT2D eigenvalue weighted by Crippen LogP contribution is -2.50. The second-order valence-corrected chi connectivity index (χ2v) is 6.58. The van der Waals surface area contributed by atoms with E-state index in [1.54, 1.807) is 0 Å². The van der Waals surface area contributed by atoms with Crippen LogP contribution in [0.5, 0.6) is 0 Å². The number of likely N-dealkylation sites (tertiary alicyclic amines) is 1. The molecule has 0 aliphatic carbocycles. The number of rotatable bonds is 5. The summed E-state index contributed by atoms with van der Waals surface area (Å²) in [6.45, 7) is 10.0. The van der Waals surface area contributed by atoms with Gasteiger partial charge in [-0.15, -0.1) is 0 Å². The van der Waals surface area contributed by atoms with Crippen molar-refractivity contribution in [3.05, 3.63) is 0 Å². The van der Waals surface area contributed by atoms with Crippen LogP contribution in [-0.4, -0.2) is 47.9 Å². The highest BCUT2D eigenvalue weighted by molar-refractivity contribution is 5.78. The van der Waals surface area contributed by atoms with Gasteiger partial charge in [0.15, 0.2) is 0 Å². The zero-order valence-electron chi connectivity index (χ0n) is 13.3. The monoisotopic (exact) mass is 283 g/mol. The number of piperidine rings is 1. The van der Waals surface area contributed by atoms with Crippen molar-refractivity contribution in [1.29, 1.82) is 0 Å². The zero-order valence-corrected chi connectivity index (χ0v) is 13.3. The Hall–Kier alpha value is -1.10. The van der Waals surface area contributed by atoms with E-state index < -0.39 is 0 Å². The third-order valence-corrected chi connectivity index (χ3v) is 3.46. The molecule has 1 heterocycles. The second kappa shape index (κ2) is 7.62. The molecule has 0 spiro atoms. The molecule has 0 bridgehead atoms. The number of hydrogen-bond acceptors (Lipinski definition) is 3. The largest absolute Gasteiger partial charge is 0.353 e. The van der Waals surface area contributed by atoms with E-state index in [9.17, 15) is 9.59 Å². The lowest BCUT2D eigenvalue weighted by atomic mass is 10.0. The molecule has 5 heteroatoms. The molecule has 2 amide bonds. The van der Waals surface area contributed by atoms with Crippen LogP contribution in [0, 0.1) is 0 Å². The quantitative estimate of drug-likeness (QED) is 0.799. The summed E-state index contributed by atoms with van der Waals surface area (Å²) in [6, 6.07) is 0.230. The standard InChI is InChI=1S/C15H29N3O2/c1-5-6-13(19)17-12-7-9-18(10-8-12)14(20)11-16-15(2,3)4/h12,16H,5-11H2,1-4H3,(H,17,19). The molecule has 1 aliphatic heterocycles. The number of nitrogens with one attached hydrogen (secondary N) is 2. The average Bonchev–Trinajstić information content (AvgIpc) is 2.36. The van der Waals surface area contributed by atoms with E-state index in [-0.39, 0.29) is 23.4 Å². The van der Waals surface area contributed by atoms with E-state index in [0.29, 0.717) is 13.0 Å². The average molecular weight is 283 g/mol. The van der Waals surface area contributed by atoms with E-state index in [1.165, 1.54) is 0 Å². The second-order valence-electron chi connectivity index (χ2n) is 6.58. The summed E-state index contributed by atoms with van der Waals surface area (Å²) in [4.78, 5) is 25.5. The van der Waals surface area contributed by atoms with Crippen LogP contribution in [0.15, 0.2) is 0 Å². The van der Waals surface area contributed by atoms with Gasteiger partial charge in [-0.3, -0.25) is 9.59 Å². The van der Waals surface area contributed by atoms with E-state index in [0.717, 1.165) is 32.4 Å². The molecule has 0 unspecified atom stereocenters. The highest BCUT2D eigenvalue weighted by atomic mass is 16.2.